The first kappa shape index (κ1) is 14.1. The lowest BCUT2D eigenvalue weighted by Crippen LogP contribution is -2.00. The number of ether oxygens (including phenoxy) is 1. The monoisotopic (exact) mass is 350 g/mol. The molecule has 0 aliphatic heterocycles. The van der Waals surface area contributed by atoms with Crippen LogP contribution in [0, 0.1) is 5.92 Å². The van der Waals surface area contributed by atoms with Crippen molar-refractivity contribution in [1.82, 2.24) is 9.78 Å². The van der Waals surface area contributed by atoms with Crippen molar-refractivity contribution < 1.29 is 14.6 Å². The molecule has 1 aromatic carbocycles. The maximum Gasteiger partial charge on any atom is 0.356 e. The minimum absolute atomic E-state index is 0.0395. The first-order valence-electron chi connectivity index (χ1n) is 6.74. The van der Waals surface area contributed by atoms with Gasteiger partial charge in [-0.2, -0.15) is 5.10 Å². The van der Waals surface area contributed by atoms with Crippen molar-refractivity contribution in [3.63, 3.8) is 0 Å². The summed E-state index contributed by atoms with van der Waals surface area (Å²) in [7, 11) is 1.73. The maximum absolute atomic E-state index is 11.0. The second-order valence-corrected chi connectivity index (χ2v) is 6.10. The van der Waals surface area contributed by atoms with Gasteiger partial charge in [0.1, 0.15) is 5.75 Å². The van der Waals surface area contributed by atoms with E-state index >= 15 is 0 Å². The van der Waals surface area contributed by atoms with E-state index in [-0.39, 0.29) is 5.69 Å². The molecule has 1 saturated carbocycles. The van der Waals surface area contributed by atoms with Gasteiger partial charge in [-0.1, -0.05) is 0 Å². The molecule has 0 amide bonds. The van der Waals surface area contributed by atoms with Gasteiger partial charge in [-0.3, -0.25) is 4.68 Å². The summed E-state index contributed by atoms with van der Waals surface area (Å²) in [6.07, 6.45) is 2.51. The summed E-state index contributed by atoms with van der Waals surface area (Å²) in [4.78, 5) is 11.0. The van der Waals surface area contributed by atoms with Crippen molar-refractivity contribution in [2.24, 2.45) is 13.0 Å². The second kappa shape index (κ2) is 5.52. The van der Waals surface area contributed by atoms with Crippen LogP contribution >= 0.6 is 15.9 Å². The lowest BCUT2D eigenvalue weighted by molar-refractivity contribution is 0.0689. The molecule has 3 rings (SSSR count). The summed E-state index contributed by atoms with van der Waals surface area (Å²) in [5.41, 5.74) is 1.68. The number of aromatic nitrogens is 2. The Morgan fingerprint density at radius 3 is 2.81 bits per heavy atom. The Bertz CT molecular complexity index is 692. The molecule has 0 spiro atoms. The van der Waals surface area contributed by atoms with Gasteiger partial charge in [-0.25, -0.2) is 4.79 Å². The first-order chi connectivity index (χ1) is 10.0. The smallest absolute Gasteiger partial charge is 0.356 e. The maximum atomic E-state index is 11.0. The number of hydrogen-bond acceptors (Lipinski definition) is 3. The van der Waals surface area contributed by atoms with E-state index < -0.39 is 5.97 Å². The highest BCUT2D eigenvalue weighted by Crippen LogP contribution is 2.34. The van der Waals surface area contributed by atoms with Crippen molar-refractivity contribution in [2.45, 2.75) is 12.8 Å². The van der Waals surface area contributed by atoms with E-state index in [2.05, 4.69) is 21.0 Å². The zero-order valence-corrected chi connectivity index (χ0v) is 13.1. The third-order valence-electron chi connectivity index (χ3n) is 3.50. The van der Waals surface area contributed by atoms with Crippen molar-refractivity contribution in [2.75, 3.05) is 6.61 Å². The summed E-state index contributed by atoms with van der Waals surface area (Å²) in [5.74, 6) is 0.485. The molecule has 1 fully saturated rings. The minimum Gasteiger partial charge on any atom is -0.492 e. The highest BCUT2D eigenvalue weighted by molar-refractivity contribution is 9.10. The Morgan fingerprint density at radius 1 is 1.48 bits per heavy atom. The number of aromatic carboxylic acids is 1. The van der Waals surface area contributed by atoms with Crippen LogP contribution in [0.15, 0.2) is 28.7 Å². The Labute approximate surface area is 130 Å². The molecule has 6 heteroatoms. The van der Waals surface area contributed by atoms with Crippen molar-refractivity contribution in [3.05, 3.63) is 34.4 Å². The number of carbonyl (C=O) groups is 1. The molecule has 0 bridgehead atoms. The molecule has 110 valence electrons. The molecule has 2 aromatic rings. The topological polar surface area (TPSA) is 64.4 Å². The standard InChI is InChI=1S/C15H15BrN2O3/c1-18-13(7-12(17-18)15(19)20)10-4-5-14(11(16)6-10)21-8-9-2-3-9/h4-7,9H,2-3,8H2,1H3,(H,19,20). The van der Waals surface area contributed by atoms with Gasteiger partial charge in [0, 0.05) is 12.6 Å². The molecule has 0 unspecified atom stereocenters. The van der Waals surface area contributed by atoms with Crippen LogP contribution < -0.4 is 4.74 Å². The van der Waals surface area contributed by atoms with Crippen molar-refractivity contribution in [3.8, 4) is 17.0 Å². The quantitative estimate of drug-likeness (QED) is 0.897. The number of rotatable bonds is 5. The van der Waals surface area contributed by atoms with Gasteiger partial charge in [0.25, 0.3) is 0 Å². The minimum atomic E-state index is -1.03. The van der Waals surface area contributed by atoms with Crippen molar-refractivity contribution in [1.29, 1.82) is 0 Å². The fourth-order valence-corrected chi connectivity index (χ4v) is 2.60. The summed E-state index contributed by atoms with van der Waals surface area (Å²) in [6, 6.07) is 7.30. The average Bonchev–Trinajstić information content (AvgIpc) is 3.18. The first-order valence-corrected chi connectivity index (χ1v) is 7.54. The zero-order chi connectivity index (χ0) is 15.0. The Hall–Kier alpha value is -1.82. The van der Waals surface area contributed by atoms with Crippen LogP contribution in [0.25, 0.3) is 11.3 Å². The Balaban J connectivity index is 1.85. The fraction of sp³-hybridized carbons (Fsp3) is 0.333. The molecule has 1 N–H and O–H groups in total. The number of benzene rings is 1. The molecule has 21 heavy (non-hydrogen) atoms. The van der Waals surface area contributed by atoms with Crippen LogP contribution in [0.4, 0.5) is 0 Å². The molecule has 1 aromatic heterocycles. The van der Waals surface area contributed by atoms with E-state index in [1.165, 1.54) is 12.8 Å². The lowest BCUT2D eigenvalue weighted by Gasteiger charge is -2.09. The van der Waals surface area contributed by atoms with Crippen LogP contribution in [0.3, 0.4) is 0 Å². The summed E-state index contributed by atoms with van der Waals surface area (Å²) in [6.45, 7) is 0.757. The highest BCUT2D eigenvalue weighted by atomic mass is 79.9. The van der Waals surface area contributed by atoms with Crippen LogP contribution in [-0.2, 0) is 7.05 Å². The van der Waals surface area contributed by atoms with E-state index in [1.807, 2.05) is 18.2 Å². The molecule has 1 aliphatic carbocycles. The molecular formula is C15H15BrN2O3. The average molecular weight is 351 g/mol. The van der Waals surface area contributed by atoms with Gasteiger partial charge in [0.05, 0.1) is 16.8 Å². The van der Waals surface area contributed by atoms with Crippen LogP contribution in [0.5, 0.6) is 5.75 Å². The van der Waals surface area contributed by atoms with Gasteiger partial charge >= 0.3 is 5.97 Å². The van der Waals surface area contributed by atoms with Gasteiger partial charge < -0.3 is 9.84 Å². The van der Waals surface area contributed by atoms with Crippen molar-refractivity contribution >= 4 is 21.9 Å². The highest BCUT2D eigenvalue weighted by Gasteiger charge is 2.22. The lowest BCUT2D eigenvalue weighted by atomic mass is 10.1. The molecule has 0 atom stereocenters. The summed E-state index contributed by atoms with van der Waals surface area (Å²) in [5, 5.41) is 13.0. The largest absolute Gasteiger partial charge is 0.492 e. The number of nitrogens with zero attached hydrogens (tertiary/aromatic N) is 2. The molecular weight excluding hydrogens is 336 g/mol. The van der Waals surface area contributed by atoms with Crippen LogP contribution in [0.2, 0.25) is 0 Å². The number of carboxylic acids is 1. The number of halogens is 1. The SMILES string of the molecule is Cn1nc(C(=O)O)cc1-c1ccc(OCC2CC2)c(Br)c1. The van der Waals surface area contributed by atoms with E-state index in [0.717, 1.165) is 28.1 Å². The molecule has 5 nitrogen and oxygen atoms in total. The molecule has 1 heterocycles. The Kier molecular flexibility index (Phi) is 3.71. The molecule has 1 aliphatic rings. The van der Waals surface area contributed by atoms with Crippen LogP contribution in [0.1, 0.15) is 23.3 Å². The van der Waals surface area contributed by atoms with E-state index in [1.54, 1.807) is 17.8 Å². The second-order valence-electron chi connectivity index (χ2n) is 5.24. The zero-order valence-electron chi connectivity index (χ0n) is 11.5. The third-order valence-corrected chi connectivity index (χ3v) is 4.12. The van der Waals surface area contributed by atoms with E-state index in [0.29, 0.717) is 5.92 Å². The normalized spacial score (nSPS) is 14.2. The van der Waals surface area contributed by atoms with Gasteiger partial charge in [-0.05, 0) is 59.0 Å². The van der Waals surface area contributed by atoms with E-state index in [4.69, 9.17) is 9.84 Å². The number of hydrogen-bond donors (Lipinski definition) is 1. The van der Waals surface area contributed by atoms with Gasteiger partial charge in [-0.15, -0.1) is 0 Å². The fourth-order valence-electron chi connectivity index (χ4n) is 2.11. The Morgan fingerprint density at radius 2 is 2.24 bits per heavy atom. The third kappa shape index (κ3) is 3.10. The molecule has 0 radical (unpaired) electrons. The summed E-state index contributed by atoms with van der Waals surface area (Å²) >= 11 is 3.50. The van der Waals surface area contributed by atoms with Gasteiger partial charge in [0.15, 0.2) is 5.69 Å². The predicted octanol–water partition coefficient (Wildman–Crippen LogP) is 3.34. The number of aryl methyl sites for hydroxylation is 1. The predicted molar refractivity (Wildman–Crippen MR) is 81.5 cm³/mol. The summed E-state index contributed by atoms with van der Waals surface area (Å²) < 4.78 is 8.19. The van der Waals surface area contributed by atoms with Gasteiger partial charge in [0.2, 0.25) is 0 Å². The molecule has 0 saturated heterocycles. The van der Waals surface area contributed by atoms with E-state index in [9.17, 15) is 4.79 Å². The number of carboxylic acid groups (broad SMARTS) is 1. The van der Waals surface area contributed by atoms with Crippen LogP contribution in [-0.4, -0.2) is 27.5 Å².